The van der Waals surface area contributed by atoms with Gasteiger partial charge < -0.3 is 5.73 Å². The summed E-state index contributed by atoms with van der Waals surface area (Å²) in [5, 5.41) is 7.26. The summed E-state index contributed by atoms with van der Waals surface area (Å²) in [7, 11) is 0. The Hall–Kier alpha value is -1.49. The molecule has 1 aromatic carbocycles. The second-order valence-electron chi connectivity index (χ2n) is 2.43. The number of nitrogens with one attached hydrogen (secondary N) is 1. The number of nitrogens with two attached hydrogens (primary N) is 1. The number of nitrogens with zero attached hydrogens (tertiary/aromatic N) is 2. The molecule has 0 aliphatic heterocycles. The molecule has 3 N–H and O–H groups in total. The van der Waals surface area contributed by atoms with Gasteiger partial charge >= 0.3 is 0 Å². The van der Waals surface area contributed by atoms with Crippen LogP contribution in [0, 0.1) is 0 Å². The van der Waals surface area contributed by atoms with E-state index >= 15 is 0 Å². The van der Waals surface area contributed by atoms with Crippen molar-refractivity contribution in [3.8, 4) is 0 Å². The molecule has 0 atom stereocenters. The summed E-state index contributed by atoms with van der Waals surface area (Å²) in [6, 6.07) is 7.65. The first-order valence-electron chi connectivity index (χ1n) is 3.74. The average molecular weight is 192 g/mol. The highest BCUT2D eigenvalue weighted by molar-refractivity contribution is 7.99. The summed E-state index contributed by atoms with van der Waals surface area (Å²) < 4.78 is 0. The van der Waals surface area contributed by atoms with Gasteiger partial charge in [0.15, 0.2) is 5.16 Å². The molecule has 0 radical (unpaired) electrons. The number of H-pyrrole nitrogens is 1. The Bertz CT molecular complexity index is 385. The van der Waals surface area contributed by atoms with Gasteiger partial charge in [0.25, 0.3) is 0 Å². The van der Waals surface area contributed by atoms with E-state index < -0.39 is 0 Å². The van der Waals surface area contributed by atoms with Crippen molar-refractivity contribution < 1.29 is 0 Å². The average Bonchev–Trinajstić information content (AvgIpc) is 2.61. The zero-order chi connectivity index (χ0) is 9.10. The van der Waals surface area contributed by atoms with Crippen LogP contribution in [0.3, 0.4) is 0 Å². The largest absolute Gasteiger partial charge is 0.398 e. The Labute approximate surface area is 79.6 Å². The van der Waals surface area contributed by atoms with Crippen LogP contribution in [0.15, 0.2) is 40.6 Å². The summed E-state index contributed by atoms with van der Waals surface area (Å²) in [4.78, 5) is 4.98. The third-order valence-corrected chi connectivity index (χ3v) is 2.50. The van der Waals surface area contributed by atoms with Gasteiger partial charge in [-0.15, -0.1) is 0 Å². The summed E-state index contributed by atoms with van der Waals surface area (Å²) >= 11 is 1.47. The Morgan fingerprint density at radius 2 is 2.15 bits per heavy atom. The van der Waals surface area contributed by atoms with Crippen LogP contribution in [0.25, 0.3) is 0 Å². The molecule has 2 rings (SSSR count). The van der Waals surface area contributed by atoms with Crippen LogP contribution in [-0.2, 0) is 0 Å². The van der Waals surface area contributed by atoms with E-state index in [0.29, 0.717) is 0 Å². The molecule has 13 heavy (non-hydrogen) atoms. The third-order valence-electron chi connectivity index (χ3n) is 1.52. The fourth-order valence-corrected chi connectivity index (χ4v) is 1.66. The Balaban J connectivity index is 2.24. The zero-order valence-electron chi connectivity index (χ0n) is 6.77. The van der Waals surface area contributed by atoms with Crippen LogP contribution in [0.1, 0.15) is 0 Å². The molecular formula is C8H8N4S. The van der Waals surface area contributed by atoms with E-state index in [1.807, 2.05) is 24.3 Å². The third kappa shape index (κ3) is 1.81. The van der Waals surface area contributed by atoms with Crippen LogP contribution in [0.2, 0.25) is 0 Å². The number of benzene rings is 1. The van der Waals surface area contributed by atoms with E-state index in [9.17, 15) is 0 Å². The van der Waals surface area contributed by atoms with Gasteiger partial charge in [-0.2, -0.15) is 5.10 Å². The topological polar surface area (TPSA) is 67.6 Å². The molecule has 2 aromatic rings. The standard InChI is InChI=1S/C8H8N4S/c9-6-3-1-2-4-7(6)13-8-10-5-11-12-8/h1-5H,9H2,(H,10,11,12). The lowest BCUT2D eigenvalue weighted by Crippen LogP contribution is -1.87. The number of hydrogen-bond acceptors (Lipinski definition) is 4. The van der Waals surface area contributed by atoms with E-state index in [1.54, 1.807) is 0 Å². The molecular weight excluding hydrogens is 184 g/mol. The summed E-state index contributed by atoms with van der Waals surface area (Å²) in [5.74, 6) is 0. The first-order valence-corrected chi connectivity index (χ1v) is 4.55. The maximum absolute atomic E-state index is 5.75. The summed E-state index contributed by atoms with van der Waals surface area (Å²) in [6.45, 7) is 0. The summed E-state index contributed by atoms with van der Waals surface area (Å²) in [5.41, 5.74) is 6.51. The number of rotatable bonds is 2. The van der Waals surface area contributed by atoms with E-state index in [1.165, 1.54) is 18.1 Å². The van der Waals surface area contributed by atoms with Crippen molar-refractivity contribution in [1.29, 1.82) is 0 Å². The summed E-state index contributed by atoms with van der Waals surface area (Å²) in [6.07, 6.45) is 1.47. The molecule has 4 nitrogen and oxygen atoms in total. The Morgan fingerprint density at radius 3 is 2.85 bits per heavy atom. The second kappa shape index (κ2) is 3.49. The van der Waals surface area contributed by atoms with E-state index in [0.717, 1.165) is 15.7 Å². The van der Waals surface area contributed by atoms with Gasteiger partial charge in [0.2, 0.25) is 0 Å². The smallest absolute Gasteiger partial charge is 0.188 e. The minimum Gasteiger partial charge on any atom is -0.398 e. The van der Waals surface area contributed by atoms with Gasteiger partial charge in [-0.1, -0.05) is 12.1 Å². The highest BCUT2D eigenvalue weighted by atomic mass is 32.2. The second-order valence-corrected chi connectivity index (χ2v) is 3.46. The van der Waals surface area contributed by atoms with E-state index in [4.69, 9.17) is 5.73 Å². The van der Waals surface area contributed by atoms with Crippen LogP contribution < -0.4 is 5.73 Å². The van der Waals surface area contributed by atoms with Crippen molar-refractivity contribution in [3.05, 3.63) is 30.6 Å². The molecule has 0 amide bonds. The predicted octanol–water partition coefficient (Wildman–Crippen LogP) is 1.54. The molecule has 1 heterocycles. The molecule has 0 aliphatic rings. The maximum atomic E-state index is 5.75. The minimum atomic E-state index is 0.748. The number of para-hydroxylation sites is 1. The Kier molecular flexibility index (Phi) is 2.18. The van der Waals surface area contributed by atoms with Gasteiger partial charge in [0.1, 0.15) is 6.33 Å². The molecule has 1 aromatic heterocycles. The van der Waals surface area contributed by atoms with Gasteiger partial charge in [-0.05, 0) is 23.9 Å². The van der Waals surface area contributed by atoms with Crippen LogP contribution in [-0.4, -0.2) is 15.2 Å². The normalized spacial score (nSPS) is 10.2. The van der Waals surface area contributed by atoms with Crippen molar-refractivity contribution in [1.82, 2.24) is 15.2 Å². The zero-order valence-corrected chi connectivity index (χ0v) is 7.58. The minimum absolute atomic E-state index is 0.748. The molecule has 0 fully saturated rings. The number of aromatic amines is 1. The Morgan fingerprint density at radius 1 is 1.31 bits per heavy atom. The number of aromatic nitrogens is 3. The fraction of sp³-hybridized carbons (Fsp3) is 0. The van der Waals surface area contributed by atoms with Gasteiger partial charge in [0, 0.05) is 10.6 Å². The molecule has 0 aliphatic carbocycles. The fourth-order valence-electron chi connectivity index (χ4n) is 0.921. The first kappa shape index (κ1) is 8.12. The van der Waals surface area contributed by atoms with Gasteiger partial charge in [-0.3, -0.25) is 5.10 Å². The number of anilines is 1. The molecule has 0 unspecified atom stereocenters. The van der Waals surface area contributed by atoms with Crippen molar-refractivity contribution in [2.45, 2.75) is 10.1 Å². The quantitative estimate of drug-likeness (QED) is 0.708. The lowest BCUT2D eigenvalue weighted by molar-refractivity contribution is 0.973. The monoisotopic (exact) mass is 192 g/mol. The molecule has 0 spiro atoms. The van der Waals surface area contributed by atoms with Crippen molar-refractivity contribution in [2.75, 3.05) is 5.73 Å². The highest BCUT2D eigenvalue weighted by Crippen LogP contribution is 2.28. The van der Waals surface area contributed by atoms with E-state index in [2.05, 4.69) is 15.2 Å². The molecule has 0 saturated heterocycles. The van der Waals surface area contributed by atoms with Crippen molar-refractivity contribution in [2.24, 2.45) is 0 Å². The molecule has 0 bridgehead atoms. The molecule has 66 valence electrons. The van der Waals surface area contributed by atoms with Crippen molar-refractivity contribution in [3.63, 3.8) is 0 Å². The lowest BCUT2D eigenvalue weighted by Gasteiger charge is -2.00. The van der Waals surface area contributed by atoms with Crippen LogP contribution in [0.5, 0.6) is 0 Å². The SMILES string of the molecule is Nc1ccccc1Sc1ncn[nH]1. The lowest BCUT2D eigenvalue weighted by atomic mass is 10.3. The maximum Gasteiger partial charge on any atom is 0.188 e. The number of nitrogen functional groups attached to an aromatic ring is 1. The highest BCUT2D eigenvalue weighted by Gasteiger charge is 2.01. The molecule has 5 heteroatoms. The number of hydrogen-bond donors (Lipinski definition) is 2. The predicted molar refractivity (Wildman–Crippen MR) is 51.4 cm³/mol. The van der Waals surface area contributed by atoms with E-state index in [-0.39, 0.29) is 0 Å². The van der Waals surface area contributed by atoms with Gasteiger partial charge in [0.05, 0.1) is 0 Å². The van der Waals surface area contributed by atoms with Crippen LogP contribution >= 0.6 is 11.8 Å². The molecule has 0 saturated carbocycles. The first-order chi connectivity index (χ1) is 6.36. The van der Waals surface area contributed by atoms with Crippen LogP contribution in [0.4, 0.5) is 5.69 Å². The van der Waals surface area contributed by atoms with Crippen molar-refractivity contribution >= 4 is 17.4 Å². The van der Waals surface area contributed by atoms with Gasteiger partial charge in [-0.25, -0.2) is 4.98 Å².